The summed E-state index contributed by atoms with van der Waals surface area (Å²) < 4.78 is 12.0. The number of hydrogen-bond donors (Lipinski definition) is 0. The first-order chi connectivity index (χ1) is 13.0. The number of thiophene rings is 1. The first-order valence-corrected chi connectivity index (χ1v) is 9.78. The summed E-state index contributed by atoms with van der Waals surface area (Å²) in [6.07, 6.45) is 1.75. The fourth-order valence-corrected chi connectivity index (χ4v) is 3.75. The molecule has 1 aromatic heterocycles. The van der Waals surface area contributed by atoms with Crippen molar-refractivity contribution in [1.82, 2.24) is 0 Å². The van der Waals surface area contributed by atoms with E-state index in [4.69, 9.17) is 9.47 Å². The number of benzene rings is 2. The second-order valence-corrected chi connectivity index (χ2v) is 7.83. The molecule has 0 fully saturated rings. The van der Waals surface area contributed by atoms with Gasteiger partial charge in [-0.15, -0.1) is 11.3 Å². The lowest BCUT2D eigenvalue weighted by Crippen LogP contribution is -2.08. The van der Waals surface area contributed by atoms with Crippen LogP contribution >= 0.6 is 27.3 Å². The van der Waals surface area contributed by atoms with Crippen LogP contribution in [0.5, 0.6) is 11.5 Å². The van der Waals surface area contributed by atoms with Gasteiger partial charge in [-0.2, -0.15) is 0 Å². The van der Waals surface area contributed by atoms with Crippen molar-refractivity contribution in [3.63, 3.8) is 0 Å². The molecule has 0 atom stereocenters. The van der Waals surface area contributed by atoms with E-state index < -0.39 is 5.97 Å². The molecule has 2 aromatic carbocycles. The van der Waals surface area contributed by atoms with E-state index in [1.165, 1.54) is 0 Å². The van der Waals surface area contributed by atoms with Crippen molar-refractivity contribution in [3.8, 4) is 11.5 Å². The number of Topliss-reactive ketones (excluding diaryl/α,β-unsaturated/α-hetero) is 1. The van der Waals surface area contributed by atoms with Gasteiger partial charge in [0, 0.05) is 21.5 Å². The Labute approximate surface area is 168 Å². The van der Waals surface area contributed by atoms with Gasteiger partial charge in [-0.25, -0.2) is 4.79 Å². The van der Waals surface area contributed by atoms with Crippen LogP contribution in [0.2, 0.25) is 0 Å². The number of aryl methyl sites for hydroxylation is 1. The topological polar surface area (TPSA) is 52.6 Å². The van der Waals surface area contributed by atoms with Crippen LogP contribution in [-0.2, 0) is 0 Å². The highest BCUT2D eigenvalue weighted by atomic mass is 79.9. The van der Waals surface area contributed by atoms with Crippen LogP contribution < -0.4 is 9.47 Å². The number of ketones is 1. The average Bonchev–Trinajstić information content (AvgIpc) is 3.19. The highest BCUT2D eigenvalue weighted by Crippen LogP contribution is 2.35. The van der Waals surface area contributed by atoms with Crippen LogP contribution in [0.4, 0.5) is 0 Å². The maximum atomic E-state index is 12.5. The zero-order valence-electron chi connectivity index (χ0n) is 14.2. The maximum absolute atomic E-state index is 12.5. The zero-order chi connectivity index (χ0) is 19.0. The molecule has 1 aliphatic rings. The molecule has 27 heavy (non-hydrogen) atoms. The van der Waals surface area contributed by atoms with Crippen LogP contribution in [0.15, 0.2) is 64.1 Å². The zero-order valence-corrected chi connectivity index (χ0v) is 16.6. The Morgan fingerprint density at radius 3 is 2.63 bits per heavy atom. The third kappa shape index (κ3) is 3.59. The first-order valence-electron chi connectivity index (χ1n) is 8.11. The molecule has 3 aromatic rings. The SMILES string of the molecule is Cc1ccsc1C=C1Oc2cc(OC(=O)c3ccc(Br)cc3)ccc2C1=O. The van der Waals surface area contributed by atoms with Gasteiger partial charge < -0.3 is 9.47 Å². The molecule has 0 N–H and O–H groups in total. The van der Waals surface area contributed by atoms with Crippen LogP contribution in [-0.4, -0.2) is 11.8 Å². The van der Waals surface area contributed by atoms with Gasteiger partial charge >= 0.3 is 5.97 Å². The van der Waals surface area contributed by atoms with Gasteiger partial charge in [-0.05, 0) is 60.3 Å². The quantitative estimate of drug-likeness (QED) is 0.299. The van der Waals surface area contributed by atoms with Crippen molar-refractivity contribution in [3.05, 3.63) is 85.7 Å². The Morgan fingerprint density at radius 2 is 1.93 bits per heavy atom. The number of allylic oxidation sites excluding steroid dienone is 1. The van der Waals surface area contributed by atoms with Gasteiger partial charge in [-0.1, -0.05) is 15.9 Å². The summed E-state index contributed by atoms with van der Waals surface area (Å²) in [7, 11) is 0. The van der Waals surface area contributed by atoms with Crippen LogP contribution in [0.1, 0.15) is 31.2 Å². The van der Waals surface area contributed by atoms with Gasteiger partial charge in [0.25, 0.3) is 0 Å². The summed E-state index contributed by atoms with van der Waals surface area (Å²) in [4.78, 5) is 25.7. The molecule has 0 saturated heterocycles. The van der Waals surface area contributed by atoms with Crippen molar-refractivity contribution < 1.29 is 19.1 Å². The normalized spacial score (nSPS) is 14.1. The van der Waals surface area contributed by atoms with Gasteiger partial charge in [0.05, 0.1) is 11.1 Å². The monoisotopic (exact) mass is 440 g/mol. The van der Waals surface area contributed by atoms with Crippen molar-refractivity contribution in [2.45, 2.75) is 6.92 Å². The highest BCUT2D eigenvalue weighted by molar-refractivity contribution is 9.10. The third-order valence-corrected chi connectivity index (χ3v) is 5.59. The lowest BCUT2D eigenvalue weighted by atomic mass is 10.1. The molecule has 0 aliphatic carbocycles. The minimum Gasteiger partial charge on any atom is -0.452 e. The van der Waals surface area contributed by atoms with E-state index in [2.05, 4.69) is 15.9 Å². The first kappa shape index (κ1) is 17.7. The molecule has 0 amide bonds. The minimum absolute atomic E-state index is 0.177. The van der Waals surface area contributed by atoms with Crippen molar-refractivity contribution in [1.29, 1.82) is 0 Å². The summed E-state index contributed by atoms with van der Waals surface area (Å²) in [6, 6.07) is 13.6. The van der Waals surface area contributed by atoms with Crippen molar-refractivity contribution in [2.75, 3.05) is 0 Å². The number of hydrogen-bond acceptors (Lipinski definition) is 5. The smallest absolute Gasteiger partial charge is 0.343 e. The van der Waals surface area contributed by atoms with Gasteiger partial charge in [0.2, 0.25) is 5.78 Å². The van der Waals surface area contributed by atoms with Crippen molar-refractivity contribution >= 4 is 45.1 Å². The van der Waals surface area contributed by atoms with Gasteiger partial charge in [0.15, 0.2) is 5.76 Å². The molecule has 0 saturated carbocycles. The number of rotatable bonds is 3. The maximum Gasteiger partial charge on any atom is 0.343 e. The molecule has 134 valence electrons. The summed E-state index contributed by atoms with van der Waals surface area (Å²) in [6.45, 7) is 1.98. The number of ether oxygens (including phenoxy) is 2. The van der Waals surface area contributed by atoms with E-state index in [1.54, 1.807) is 59.9 Å². The highest BCUT2D eigenvalue weighted by Gasteiger charge is 2.28. The third-order valence-electron chi connectivity index (χ3n) is 4.10. The molecule has 6 heteroatoms. The second kappa shape index (κ2) is 7.13. The molecule has 0 radical (unpaired) electrons. The molecule has 0 bridgehead atoms. The summed E-state index contributed by atoms with van der Waals surface area (Å²) in [5, 5.41) is 1.97. The van der Waals surface area contributed by atoms with Crippen LogP contribution in [0.25, 0.3) is 6.08 Å². The predicted molar refractivity (Wildman–Crippen MR) is 108 cm³/mol. The minimum atomic E-state index is -0.475. The molecular formula is C21H13BrO4S. The van der Waals surface area contributed by atoms with E-state index in [-0.39, 0.29) is 11.5 Å². The standard InChI is InChI=1S/C21H13BrO4S/c1-12-8-9-27-19(12)11-18-20(23)16-7-6-15(10-17(16)26-18)25-21(24)13-2-4-14(22)5-3-13/h2-11H,1H3. The predicted octanol–water partition coefficient (Wildman–Crippen LogP) is 5.65. The molecule has 4 rings (SSSR count). The Morgan fingerprint density at radius 1 is 1.15 bits per heavy atom. The number of esters is 1. The number of carbonyl (C=O) groups excluding carboxylic acids is 2. The number of carbonyl (C=O) groups is 2. The molecular weight excluding hydrogens is 428 g/mol. The van der Waals surface area contributed by atoms with E-state index >= 15 is 0 Å². The number of halogens is 1. The lowest BCUT2D eigenvalue weighted by molar-refractivity contribution is 0.0734. The number of fused-ring (bicyclic) bond motifs is 1. The van der Waals surface area contributed by atoms with Gasteiger partial charge in [-0.3, -0.25) is 4.79 Å². The Kier molecular flexibility index (Phi) is 4.68. The summed E-state index contributed by atoms with van der Waals surface area (Å²) in [5.41, 5.74) is 1.98. The lowest BCUT2D eigenvalue weighted by Gasteiger charge is -2.05. The van der Waals surface area contributed by atoms with Crippen LogP contribution in [0, 0.1) is 6.92 Å². The second-order valence-electron chi connectivity index (χ2n) is 5.96. The van der Waals surface area contributed by atoms with E-state index in [1.807, 2.05) is 18.4 Å². The van der Waals surface area contributed by atoms with Gasteiger partial charge in [0.1, 0.15) is 11.5 Å². The van der Waals surface area contributed by atoms with Crippen LogP contribution in [0.3, 0.4) is 0 Å². The Hall–Kier alpha value is -2.70. The molecule has 1 aliphatic heterocycles. The Balaban J connectivity index is 1.56. The molecule has 0 spiro atoms. The van der Waals surface area contributed by atoms with Crippen molar-refractivity contribution in [2.24, 2.45) is 0 Å². The summed E-state index contributed by atoms with van der Waals surface area (Å²) in [5.74, 6) is 0.330. The van der Waals surface area contributed by atoms with E-state index in [0.29, 0.717) is 22.6 Å². The molecule has 4 nitrogen and oxygen atoms in total. The average molecular weight is 441 g/mol. The fraction of sp³-hybridized carbons (Fsp3) is 0.0476. The Bertz CT molecular complexity index is 1080. The largest absolute Gasteiger partial charge is 0.452 e. The van der Waals surface area contributed by atoms with E-state index in [0.717, 1.165) is 14.9 Å². The molecule has 0 unspecified atom stereocenters. The molecule has 2 heterocycles. The fourth-order valence-electron chi connectivity index (χ4n) is 2.63. The van der Waals surface area contributed by atoms with E-state index in [9.17, 15) is 9.59 Å². The summed E-state index contributed by atoms with van der Waals surface area (Å²) >= 11 is 4.87.